The first-order chi connectivity index (χ1) is 9.97. The Morgan fingerprint density at radius 3 is 2.71 bits per heavy atom. The molecule has 110 valence electrons. The van der Waals surface area contributed by atoms with E-state index in [2.05, 4.69) is 57.9 Å². The number of carbonyl (C=O) groups excluding carboxylic acids is 1. The third kappa shape index (κ3) is 3.98. The van der Waals surface area contributed by atoms with Crippen LogP contribution in [0.15, 0.2) is 26.2 Å². The fourth-order valence-electron chi connectivity index (χ4n) is 1.33. The van der Waals surface area contributed by atoms with Gasteiger partial charge in [-0.3, -0.25) is 4.79 Å². The number of benzene rings is 1. The second kappa shape index (κ2) is 6.63. The number of rotatable bonds is 4. The Labute approximate surface area is 135 Å². The summed E-state index contributed by atoms with van der Waals surface area (Å²) in [6.07, 6.45) is 1.43. The molecule has 0 saturated heterocycles. The second-order valence-corrected chi connectivity index (χ2v) is 5.53. The van der Waals surface area contributed by atoms with Crippen LogP contribution in [0.2, 0.25) is 0 Å². The van der Waals surface area contributed by atoms with Crippen molar-refractivity contribution in [2.45, 2.75) is 6.54 Å². The number of nitrogens with one attached hydrogen (secondary N) is 1. The summed E-state index contributed by atoms with van der Waals surface area (Å²) in [6.45, 7) is -0.140. The van der Waals surface area contributed by atoms with Crippen molar-refractivity contribution in [1.82, 2.24) is 25.6 Å². The van der Waals surface area contributed by atoms with E-state index in [1.807, 2.05) is 0 Å². The topological polar surface area (TPSA) is 131 Å². The highest BCUT2D eigenvalue weighted by molar-refractivity contribution is 9.11. The Morgan fingerprint density at radius 1 is 1.48 bits per heavy atom. The van der Waals surface area contributed by atoms with E-state index in [9.17, 15) is 9.90 Å². The third-order valence-corrected chi connectivity index (χ3v) is 3.50. The summed E-state index contributed by atoms with van der Waals surface area (Å²) in [5.74, 6) is -0.298. The first-order valence-electron chi connectivity index (χ1n) is 5.49. The summed E-state index contributed by atoms with van der Waals surface area (Å²) in [4.78, 5) is 11.6. The highest BCUT2D eigenvalue weighted by Crippen LogP contribution is 2.32. The molecule has 0 unspecified atom stereocenters. The smallest absolute Gasteiger partial charge is 0.261 e. The first-order valence-corrected chi connectivity index (χ1v) is 7.07. The van der Waals surface area contributed by atoms with Gasteiger partial charge >= 0.3 is 0 Å². The van der Waals surface area contributed by atoms with Gasteiger partial charge in [0.15, 0.2) is 0 Å². The molecule has 0 fully saturated rings. The maximum atomic E-state index is 11.6. The number of nitrogens with zero attached hydrogens (tertiary/aromatic N) is 5. The molecule has 0 radical (unpaired) electrons. The average Bonchev–Trinajstić information content (AvgIpc) is 2.81. The minimum absolute atomic E-state index is 0.0422. The number of amides is 1. The van der Waals surface area contributed by atoms with Crippen LogP contribution in [0.5, 0.6) is 5.75 Å². The SMILES string of the molecule is Nc1nnnn1CC(=O)NN=Cc1cc(Br)c(O)c(Br)c1. The molecule has 2 aromatic rings. The number of phenolic OH excluding ortho intramolecular Hbond substituents is 1. The second-order valence-electron chi connectivity index (χ2n) is 3.82. The van der Waals surface area contributed by atoms with E-state index >= 15 is 0 Å². The van der Waals surface area contributed by atoms with Gasteiger partial charge in [0.2, 0.25) is 5.95 Å². The number of aromatic hydroxyl groups is 1. The summed E-state index contributed by atoms with van der Waals surface area (Å²) in [7, 11) is 0. The van der Waals surface area contributed by atoms with Crippen molar-refractivity contribution < 1.29 is 9.90 Å². The zero-order valence-corrected chi connectivity index (χ0v) is 13.5. The molecule has 9 nitrogen and oxygen atoms in total. The number of hydrazone groups is 1. The molecular weight excluding hydrogens is 410 g/mol. The van der Waals surface area contributed by atoms with Crippen LogP contribution in [0.25, 0.3) is 0 Å². The van der Waals surface area contributed by atoms with Crippen LogP contribution in [0.3, 0.4) is 0 Å². The van der Waals surface area contributed by atoms with Gasteiger partial charge in [0.1, 0.15) is 12.3 Å². The molecule has 1 amide bonds. The van der Waals surface area contributed by atoms with Crippen LogP contribution < -0.4 is 11.2 Å². The molecule has 0 saturated carbocycles. The molecule has 1 aromatic heterocycles. The number of hydrogen-bond donors (Lipinski definition) is 3. The molecular formula is C10H9Br2N7O2. The summed E-state index contributed by atoms with van der Waals surface area (Å²) in [6, 6.07) is 3.30. The van der Waals surface area contributed by atoms with Gasteiger partial charge in [0.25, 0.3) is 5.91 Å². The molecule has 2 rings (SSSR count). The molecule has 4 N–H and O–H groups in total. The number of hydrogen-bond acceptors (Lipinski definition) is 7. The Morgan fingerprint density at radius 2 is 2.14 bits per heavy atom. The number of phenols is 1. The normalized spacial score (nSPS) is 11.0. The number of anilines is 1. The molecule has 1 aromatic carbocycles. The van der Waals surface area contributed by atoms with Gasteiger partial charge < -0.3 is 10.8 Å². The van der Waals surface area contributed by atoms with E-state index in [0.29, 0.717) is 14.5 Å². The van der Waals surface area contributed by atoms with Gasteiger partial charge in [0, 0.05) is 0 Å². The fraction of sp³-hybridized carbons (Fsp3) is 0.100. The van der Waals surface area contributed by atoms with Crippen molar-refractivity contribution in [3.05, 3.63) is 26.6 Å². The summed E-state index contributed by atoms with van der Waals surface area (Å²) >= 11 is 6.39. The first kappa shape index (κ1) is 15.4. The standard InChI is InChI=1S/C10H9Br2N7O2/c11-6-1-5(2-7(12)9(6)21)3-14-15-8(20)4-19-10(13)16-17-18-19/h1-3,21H,4H2,(H,15,20)(H2,13,16,18). The van der Waals surface area contributed by atoms with E-state index in [-0.39, 0.29) is 18.2 Å². The maximum Gasteiger partial charge on any atom is 0.261 e. The third-order valence-electron chi connectivity index (χ3n) is 2.30. The molecule has 0 aliphatic heterocycles. The predicted molar refractivity (Wildman–Crippen MR) is 81.5 cm³/mol. The molecule has 21 heavy (non-hydrogen) atoms. The summed E-state index contributed by atoms with van der Waals surface area (Å²) in [5, 5.41) is 23.7. The zero-order valence-electron chi connectivity index (χ0n) is 10.4. The lowest BCUT2D eigenvalue weighted by Crippen LogP contribution is -2.24. The minimum Gasteiger partial charge on any atom is -0.506 e. The van der Waals surface area contributed by atoms with Crippen molar-refractivity contribution in [2.75, 3.05) is 5.73 Å². The van der Waals surface area contributed by atoms with Gasteiger partial charge in [-0.25, -0.2) is 10.1 Å². The summed E-state index contributed by atoms with van der Waals surface area (Å²) < 4.78 is 2.15. The predicted octanol–water partition coefficient (Wildman–Crippen LogP) is 0.636. The van der Waals surface area contributed by atoms with Crippen molar-refractivity contribution in [2.24, 2.45) is 5.10 Å². The number of aromatic nitrogens is 4. The Balaban J connectivity index is 1.96. The van der Waals surface area contributed by atoms with E-state index in [0.717, 1.165) is 4.68 Å². The van der Waals surface area contributed by atoms with Gasteiger partial charge in [-0.1, -0.05) is 5.10 Å². The number of nitrogens with two attached hydrogens (primary N) is 1. The van der Waals surface area contributed by atoms with Crippen LogP contribution in [0, 0.1) is 0 Å². The van der Waals surface area contributed by atoms with Crippen molar-refractivity contribution >= 4 is 49.9 Å². The van der Waals surface area contributed by atoms with Crippen LogP contribution in [0.1, 0.15) is 5.56 Å². The van der Waals surface area contributed by atoms with Crippen LogP contribution >= 0.6 is 31.9 Å². The molecule has 11 heteroatoms. The lowest BCUT2D eigenvalue weighted by Gasteiger charge is -2.02. The lowest BCUT2D eigenvalue weighted by molar-refractivity contribution is -0.121. The zero-order chi connectivity index (χ0) is 15.4. The highest BCUT2D eigenvalue weighted by Gasteiger charge is 2.07. The maximum absolute atomic E-state index is 11.6. The molecule has 0 spiro atoms. The quantitative estimate of drug-likeness (QED) is 0.493. The largest absolute Gasteiger partial charge is 0.506 e. The van der Waals surface area contributed by atoms with E-state index in [1.54, 1.807) is 12.1 Å². The Bertz CT molecular complexity index is 677. The van der Waals surface area contributed by atoms with E-state index in [1.165, 1.54) is 6.21 Å². The van der Waals surface area contributed by atoms with Crippen molar-refractivity contribution in [3.8, 4) is 5.75 Å². The van der Waals surface area contributed by atoms with Gasteiger partial charge in [-0.15, -0.1) is 0 Å². The van der Waals surface area contributed by atoms with Crippen molar-refractivity contribution in [3.63, 3.8) is 0 Å². The molecule has 0 aliphatic carbocycles. The molecule has 0 atom stereocenters. The molecule has 1 heterocycles. The molecule has 0 bridgehead atoms. The Kier molecular flexibility index (Phi) is 4.85. The number of halogens is 2. The van der Waals surface area contributed by atoms with E-state index < -0.39 is 5.91 Å². The van der Waals surface area contributed by atoms with Gasteiger partial charge in [-0.05, 0) is 60.0 Å². The highest BCUT2D eigenvalue weighted by atomic mass is 79.9. The fourth-order valence-corrected chi connectivity index (χ4v) is 2.56. The van der Waals surface area contributed by atoms with Crippen LogP contribution in [-0.4, -0.2) is 37.4 Å². The molecule has 0 aliphatic rings. The number of tetrazole rings is 1. The minimum atomic E-state index is -0.429. The monoisotopic (exact) mass is 417 g/mol. The average molecular weight is 419 g/mol. The van der Waals surface area contributed by atoms with Gasteiger partial charge in [-0.2, -0.15) is 5.10 Å². The Hall–Kier alpha value is -2.01. The van der Waals surface area contributed by atoms with Crippen LogP contribution in [-0.2, 0) is 11.3 Å². The lowest BCUT2D eigenvalue weighted by atomic mass is 10.2. The number of carbonyl (C=O) groups is 1. The summed E-state index contributed by atoms with van der Waals surface area (Å²) in [5.41, 5.74) is 8.42. The van der Waals surface area contributed by atoms with Crippen molar-refractivity contribution in [1.29, 1.82) is 0 Å². The van der Waals surface area contributed by atoms with Gasteiger partial charge in [0.05, 0.1) is 15.2 Å². The number of nitrogen functional groups attached to an aromatic ring is 1. The van der Waals surface area contributed by atoms with Crippen LogP contribution in [0.4, 0.5) is 5.95 Å². The van der Waals surface area contributed by atoms with E-state index in [4.69, 9.17) is 5.73 Å².